The average molecular weight is 554 g/mol. The van der Waals surface area contributed by atoms with Gasteiger partial charge in [-0.25, -0.2) is 0 Å². The Hall–Kier alpha value is -3.44. The molecule has 2 nitrogen and oxygen atoms in total. The summed E-state index contributed by atoms with van der Waals surface area (Å²) >= 11 is 6.50. The van der Waals surface area contributed by atoms with Crippen LogP contribution in [0.25, 0.3) is 11.1 Å². The van der Waals surface area contributed by atoms with Crippen LogP contribution < -0.4 is 11.5 Å². The van der Waals surface area contributed by atoms with Gasteiger partial charge < -0.3 is 11.5 Å². The Bertz CT molecular complexity index is 1380. The zero-order chi connectivity index (χ0) is 23.0. The van der Waals surface area contributed by atoms with E-state index in [0.717, 1.165) is 33.6 Å². The first-order valence-electron chi connectivity index (χ1n) is 10.3. The molecule has 0 aliphatic heterocycles. The maximum Gasteiger partial charge on any atom is 0.0714 e. The molecule has 1 aliphatic rings. The normalized spacial score (nSPS) is 12.5. The van der Waals surface area contributed by atoms with Gasteiger partial charge in [-0.2, -0.15) is 0 Å². The highest BCUT2D eigenvalue weighted by atomic mass is 79.9. The van der Waals surface area contributed by atoms with Crippen molar-refractivity contribution in [2.75, 3.05) is 11.5 Å². The highest BCUT2D eigenvalue weighted by Gasteiger charge is 2.46. The monoisotopic (exact) mass is 552 g/mol. The minimum absolute atomic E-state index is 0.569. The molecular weight excluding hydrogens is 536 g/mol. The molecule has 4 aromatic carbocycles. The molecule has 4 N–H and O–H groups in total. The lowest BCUT2D eigenvalue weighted by atomic mass is 9.67. The van der Waals surface area contributed by atoms with Crippen LogP contribution in [0.4, 0.5) is 11.4 Å². The smallest absolute Gasteiger partial charge is 0.0714 e. The fraction of sp³-hybridized carbons (Fsp3) is 0.0345. The van der Waals surface area contributed by atoms with Gasteiger partial charge in [0.1, 0.15) is 0 Å². The molecule has 0 bridgehead atoms. The van der Waals surface area contributed by atoms with Crippen molar-refractivity contribution in [3.63, 3.8) is 0 Å². The summed E-state index contributed by atoms with van der Waals surface area (Å²) < 4.78 is 0. The molecule has 0 spiro atoms. The molecule has 1 aliphatic carbocycles. The van der Waals surface area contributed by atoms with E-state index in [0.29, 0.717) is 0 Å². The van der Waals surface area contributed by atoms with Gasteiger partial charge in [0.25, 0.3) is 0 Å². The third-order valence-electron chi connectivity index (χ3n) is 6.21. The number of hydrogen-bond donors (Lipinski definition) is 2. The fourth-order valence-corrected chi connectivity index (χ4v) is 5.30. The van der Waals surface area contributed by atoms with Gasteiger partial charge in [0.05, 0.1) is 5.41 Å². The second kappa shape index (κ2) is 8.49. The van der Waals surface area contributed by atoms with E-state index in [9.17, 15) is 0 Å². The van der Waals surface area contributed by atoms with Crippen LogP contribution in [0.3, 0.4) is 0 Å². The van der Waals surface area contributed by atoms with Crippen LogP contribution in [-0.2, 0) is 5.41 Å². The molecule has 0 heterocycles. The number of halogens is 2. The lowest BCUT2D eigenvalue weighted by molar-refractivity contribution is 0.768. The van der Waals surface area contributed by atoms with Gasteiger partial charge in [-0.1, -0.05) is 48.2 Å². The minimum Gasteiger partial charge on any atom is -0.399 e. The topological polar surface area (TPSA) is 52.0 Å². The number of rotatable bonds is 2. The van der Waals surface area contributed by atoms with Crippen LogP contribution in [-0.4, -0.2) is 0 Å². The molecule has 0 amide bonds. The van der Waals surface area contributed by atoms with E-state index in [-0.39, 0.29) is 0 Å². The Morgan fingerprint density at radius 3 is 1.30 bits per heavy atom. The van der Waals surface area contributed by atoms with Crippen LogP contribution in [0, 0.1) is 21.5 Å². The standard InChI is InChI=1S/C29H18Br2N2/c30-15-13-19-1-11-25-26-12-2-20(14-16-31)18-28(26)29(27(25)17-19,21-3-7-23(32)8-4-21)22-5-9-24(33)10-6-22/h1-12,17-18H,32-33H2. The quantitative estimate of drug-likeness (QED) is 0.190. The summed E-state index contributed by atoms with van der Waals surface area (Å²) in [5.41, 5.74) is 21.9. The van der Waals surface area contributed by atoms with Crippen molar-refractivity contribution in [2.45, 2.75) is 5.41 Å². The molecule has 158 valence electrons. The van der Waals surface area contributed by atoms with Crippen molar-refractivity contribution in [1.82, 2.24) is 0 Å². The van der Waals surface area contributed by atoms with E-state index in [1.807, 2.05) is 24.3 Å². The first-order valence-corrected chi connectivity index (χ1v) is 11.9. The van der Waals surface area contributed by atoms with Gasteiger partial charge in [-0.05, 0) is 91.6 Å². The number of benzene rings is 4. The maximum absolute atomic E-state index is 6.08. The van der Waals surface area contributed by atoms with Crippen LogP contribution >= 0.6 is 31.9 Å². The Balaban J connectivity index is 1.96. The fourth-order valence-electron chi connectivity index (χ4n) is 4.84. The maximum atomic E-state index is 6.08. The van der Waals surface area contributed by atoms with Crippen molar-refractivity contribution in [3.8, 4) is 32.6 Å². The zero-order valence-corrected chi connectivity index (χ0v) is 20.7. The van der Waals surface area contributed by atoms with Crippen molar-refractivity contribution in [1.29, 1.82) is 0 Å². The molecule has 0 fully saturated rings. The summed E-state index contributed by atoms with van der Waals surface area (Å²) in [6.07, 6.45) is 0. The lowest BCUT2D eigenvalue weighted by Gasteiger charge is -2.34. The molecule has 0 saturated carbocycles. The zero-order valence-electron chi connectivity index (χ0n) is 17.5. The van der Waals surface area contributed by atoms with E-state index in [1.54, 1.807) is 0 Å². The third-order valence-corrected chi connectivity index (χ3v) is 6.60. The molecule has 4 aromatic rings. The number of anilines is 2. The summed E-state index contributed by atoms with van der Waals surface area (Å²) in [7, 11) is 0. The number of nitrogens with two attached hydrogens (primary N) is 2. The molecule has 0 saturated heterocycles. The van der Waals surface area contributed by atoms with Gasteiger partial charge in [-0.15, -0.1) is 0 Å². The van der Waals surface area contributed by atoms with Crippen LogP contribution in [0.5, 0.6) is 0 Å². The molecule has 0 atom stereocenters. The van der Waals surface area contributed by atoms with Gasteiger partial charge >= 0.3 is 0 Å². The van der Waals surface area contributed by atoms with Gasteiger partial charge in [0, 0.05) is 54.4 Å². The van der Waals surface area contributed by atoms with E-state index < -0.39 is 5.41 Å². The summed E-state index contributed by atoms with van der Waals surface area (Å²) in [4.78, 5) is 5.70. The van der Waals surface area contributed by atoms with Crippen LogP contribution in [0.15, 0.2) is 84.9 Å². The minimum atomic E-state index is -0.569. The highest BCUT2D eigenvalue weighted by molar-refractivity contribution is 9.12. The van der Waals surface area contributed by atoms with Crippen molar-refractivity contribution in [3.05, 3.63) is 118 Å². The van der Waals surface area contributed by atoms with Crippen LogP contribution in [0.2, 0.25) is 0 Å². The molecule has 33 heavy (non-hydrogen) atoms. The molecule has 0 unspecified atom stereocenters. The highest BCUT2D eigenvalue weighted by Crippen LogP contribution is 2.56. The van der Waals surface area contributed by atoms with E-state index in [1.165, 1.54) is 22.3 Å². The van der Waals surface area contributed by atoms with Gasteiger partial charge in [-0.3, -0.25) is 0 Å². The molecule has 4 heteroatoms. The molecule has 0 aromatic heterocycles. The Morgan fingerprint density at radius 1 is 0.545 bits per heavy atom. The Kier molecular flexibility index (Phi) is 5.51. The SMILES string of the molecule is Nc1ccc(C2(c3ccc(N)cc3)c3cc(C#CBr)ccc3-c3ccc(C#CBr)cc32)cc1. The average Bonchev–Trinajstić information content (AvgIpc) is 3.10. The second-order valence-electron chi connectivity index (χ2n) is 7.95. The number of hydrogen-bond acceptors (Lipinski definition) is 2. The molecule has 5 rings (SSSR count). The number of fused-ring (bicyclic) bond motifs is 3. The first-order chi connectivity index (χ1) is 16.1. The lowest BCUT2D eigenvalue weighted by Crippen LogP contribution is -2.28. The van der Waals surface area contributed by atoms with Gasteiger partial charge in [0.2, 0.25) is 0 Å². The molecule has 0 radical (unpaired) electrons. The predicted molar refractivity (Wildman–Crippen MR) is 144 cm³/mol. The third kappa shape index (κ3) is 3.44. The second-order valence-corrected chi connectivity index (χ2v) is 8.75. The summed E-state index contributed by atoms with van der Waals surface area (Å²) in [6.45, 7) is 0. The largest absolute Gasteiger partial charge is 0.399 e. The van der Waals surface area contributed by atoms with E-state index in [2.05, 4.69) is 114 Å². The van der Waals surface area contributed by atoms with E-state index in [4.69, 9.17) is 11.5 Å². The van der Waals surface area contributed by atoms with Crippen molar-refractivity contribution in [2.24, 2.45) is 0 Å². The summed E-state index contributed by atoms with van der Waals surface area (Å²) in [5.74, 6) is 6.31. The van der Waals surface area contributed by atoms with E-state index >= 15 is 0 Å². The Labute approximate surface area is 210 Å². The van der Waals surface area contributed by atoms with Crippen molar-refractivity contribution < 1.29 is 0 Å². The summed E-state index contributed by atoms with van der Waals surface area (Å²) in [5, 5.41) is 0. The number of nitrogen functional groups attached to an aromatic ring is 2. The first kappa shape index (κ1) is 21.4. The van der Waals surface area contributed by atoms with Crippen LogP contribution in [0.1, 0.15) is 33.4 Å². The predicted octanol–water partition coefficient (Wildman–Crippen LogP) is 6.62. The summed E-state index contributed by atoms with van der Waals surface area (Å²) in [6, 6.07) is 29.1. The molecular formula is C29H18Br2N2. The van der Waals surface area contributed by atoms with Gasteiger partial charge in [0.15, 0.2) is 0 Å². The van der Waals surface area contributed by atoms with Crippen molar-refractivity contribution >= 4 is 43.2 Å². The Morgan fingerprint density at radius 2 is 0.939 bits per heavy atom.